The van der Waals surface area contributed by atoms with E-state index >= 15 is 0 Å². The Labute approximate surface area is 129 Å². The van der Waals surface area contributed by atoms with Crippen LogP contribution in [-0.2, 0) is 6.42 Å². The number of hydrogen-bond donors (Lipinski definition) is 0. The van der Waals surface area contributed by atoms with Crippen molar-refractivity contribution in [1.82, 2.24) is 4.90 Å². The third kappa shape index (κ3) is 2.64. The summed E-state index contributed by atoms with van der Waals surface area (Å²) in [4.78, 5) is 5.16. The van der Waals surface area contributed by atoms with Gasteiger partial charge < -0.3 is 4.74 Å². The van der Waals surface area contributed by atoms with Gasteiger partial charge in [-0.3, -0.25) is 4.90 Å². The standard InChI is InChI=1S/C17H18N4O/c1-21-10-9-12-5-8-15(22-2)11-16(12)17(21)13-3-6-14(7-4-13)19-20-18/h3-8,11,17H,9-10H2,1-2H3. The van der Waals surface area contributed by atoms with Gasteiger partial charge in [-0.1, -0.05) is 35.4 Å². The second-order valence-corrected chi connectivity index (χ2v) is 5.48. The highest BCUT2D eigenvalue weighted by molar-refractivity contribution is 5.46. The largest absolute Gasteiger partial charge is 0.497 e. The van der Waals surface area contributed by atoms with Gasteiger partial charge in [-0.25, -0.2) is 0 Å². The van der Waals surface area contributed by atoms with Gasteiger partial charge in [-0.15, -0.1) is 0 Å². The first kappa shape index (κ1) is 14.4. The van der Waals surface area contributed by atoms with E-state index in [0.29, 0.717) is 5.69 Å². The summed E-state index contributed by atoms with van der Waals surface area (Å²) in [5.74, 6) is 0.879. The predicted octanol–water partition coefficient (Wildman–Crippen LogP) is 4.21. The number of likely N-dealkylation sites (N-methyl/N-ethyl adjacent to an activating group) is 1. The zero-order valence-electron chi connectivity index (χ0n) is 12.7. The minimum atomic E-state index is 0.193. The van der Waals surface area contributed by atoms with Gasteiger partial charge >= 0.3 is 0 Å². The van der Waals surface area contributed by atoms with Crippen molar-refractivity contribution >= 4 is 5.69 Å². The molecule has 0 amide bonds. The molecule has 0 aliphatic carbocycles. The molecule has 0 saturated heterocycles. The maximum atomic E-state index is 8.50. The van der Waals surface area contributed by atoms with Gasteiger partial charge in [0.1, 0.15) is 5.75 Å². The molecule has 0 bridgehead atoms. The van der Waals surface area contributed by atoms with Crippen molar-refractivity contribution < 1.29 is 4.74 Å². The van der Waals surface area contributed by atoms with Crippen molar-refractivity contribution in [2.24, 2.45) is 5.11 Å². The van der Waals surface area contributed by atoms with Crippen LogP contribution in [0, 0.1) is 0 Å². The SMILES string of the molecule is COc1ccc2c(c1)C(c1ccc(N=[N+]=[N-])cc1)N(C)CC2. The van der Waals surface area contributed by atoms with Crippen molar-refractivity contribution in [3.05, 3.63) is 69.6 Å². The first-order valence-electron chi connectivity index (χ1n) is 7.25. The predicted molar refractivity (Wildman–Crippen MR) is 86.4 cm³/mol. The van der Waals surface area contributed by atoms with Crippen molar-refractivity contribution in [2.45, 2.75) is 12.5 Å². The Morgan fingerprint density at radius 3 is 2.68 bits per heavy atom. The fourth-order valence-electron chi connectivity index (χ4n) is 3.05. The Kier molecular flexibility index (Phi) is 4.00. The number of fused-ring (bicyclic) bond motifs is 1. The Bertz CT molecular complexity index is 720. The van der Waals surface area contributed by atoms with Gasteiger partial charge in [0.2, 0.25) is 0 Å². The Morgan fingerprint density at radius 1 is 1.23 bits per heavy atom. The third-order valence-corrected chi connectivity index (χ3v) is 4.19. The minimum Gasteiger partial charge on any atom is -0.497 e. The van der Waals surface area contributed by atoms with Gasteiger partial charge in [-0.2, -0.15) is 0 Å². The van der Waals surface area contributed by atoms with Crippen LogP contribution in [-0.4, -0.2) is 25.6 Å². The summed E-state index contributed by atoms with van der Waals surface area (Å²) in [6.45, 7) is 1.02. The molecule has 0 saturated carbocycles. The summed E-state index contributed by atoms with van der Waals surface area (Å²) in [7, 11) is 3.83. The number of hydrogen-bond acceptors (Lipinski definition) is 3. The second kappa shape index (κ2) is 6.10. The lowest BCUT2D eigenvalue weighted by Crippen LogP contribution is -2.32. The van der Waals surface area contributed by atoms with Crippen LogP contribution in [0.4, 0.5) is 5.69 Å². The molecule has 2 aromatic rings. The molecular formula is C17H18N4O. The van der Waals surface area contributed by atoms with Crippen LogP contribution in [0.2, 0.25) is 0 Å². The lowest BCUT2D eigenvalue weighted by atomic mass is 9.88. The number of benzene rings is 2. The van der Waals surface area contributed by atoms with Crippen LogP contribution in [0.15, 0.2) is 47.6 Å². The Hall–Kier alpha value is -2.49. The molecule has 112 valence electrons. The zero-order valence-corrected chi connectivity index (χ0v) is 12.7. The molecule has 3 rings (SSSR count). The summed E-state index contributed by atoms with van der Waals surface area (Å²) in [6.07, 6.45) is 1.04. The average molecular weight is 294 g/mol. The minimum absolute atomic E-state index is 0.193. The third-order valence-electron chi connectivity index (χ3n) is 4.19. The van der Waals surface area contributed by atoms with E-state index in [1.54, 1.807) is 7.11 Å². The van der Waals surface area contributed by atoms with Crippen LogP contribution < -0.4 is 4.74 Å². The lowest BCUT2D eigenvalue weighted by molar-refractivity contribution is 0.264. The van der Waals surface area contributed by atoms with E-state index < -0.39 is 0 Å². The number of rotatable bonds is 3. The molecule has 5 nitrogen and oxygen atoms in total. The molecule has 5 heteroatoms. The van der Waals surface area contributed by atoms with Gasteiger partial charge in [0.25, 0.3) is 0 Å². The molecule has 0 spiro atoms. The highest BCUT2D eigenvalue weighted by Gasteiger charge is 2.26. The number of methoxy groups -OCH3 is 1. The van der Waals surface area contributed by atoms with Gasteiger partial charge in [-0.05, 0) is 47.8 Å². The first-order valence-corrected chi connectivity index (χ1v) is 7.25. The maximum absolute atomic E-state index is 8.50. The van der Waals surface area contributed by atoms with Crippen molar-refractivity contribution in [3.8, 4) is 5.75 Å². The van der Waals surface area contributed by atoms with Crippen LogP contribution in [0.1, 0.15) is 22.7 Å². The zero-order chi connectivity index (χ0) is 15.5. The van der Waals surface area contributed by atoms with Gasteiger partial charge in [0.15, 0.2) is 0 Å². The highest BCUT2D eigenvalue weighted by Crippen LogP contribution is 2.36. The highest BCUT2D eigenvalue weighted by atomic mass is 16.5. The molecule has 0 fully saturated rings. The first-order chi connectivity index (χ1) is 10.7. The normalized spacial score (nSPS) is 17.5. The summed E-state index contributed by atoms with van der Waals surface area (Å²) < 4.78 is 5.38. The molecule has 1 unspecified atom stereocenters. The summed E-state index contributed by atoms with van der Waals surface area (Å²) in [5.41, 5.74) is 13.0. The van der Waals surface area contributed by atoms with E-state index in [-0.39, 0.29) is 6.04 Å². The number of azide groups is 1. The van der Waals surface area contributed by atoms with Crippen molar-refractivity contribution in [1.29, 1.82) is 0 Å². The summed E-state index contributed by atoms with van der Waals surface area (Å²) in [6, 6.07) is 14.3. The van der Waals surface area contributed by atoms with Crippen LogP contribution in [0.25, 0.3) is 10.4 Å². The van der Waals surface area contributed by atoms with E-state index in [2.05, 4.69) is 34.1 Å². The molecule has 0 aromatic heterocycles. The number of nitrogens with zero attached hydrogens (tertiary/aromatic N) is 4. The van der Waals surface area contributed by atoms with E-state index in [4.69, 9.17) is 10.3 Å². The fraction of sp³-hybridized carbons (Fsp3) is 0.294. The van der Waals surface area contributed by atoms with Gasteiger partial charge in [0, 0.05) is 17.1 Å². The van der Waals surface area contributed by atoms with E-state index in [0.717, 1.165) is 18.7 Å². The second-order valence-electron chi connectivity index (χ2n) is 5.48. The van der Waals surface area contributed by atoms with E-state index in [9.17, 15) is 0 Å². The van der Waals surface area contributed by atoms with E-state index in [1.165, 1.54) is 16.7 Å². The smallest absolute Gasteiger partial charge is 0.119 e. The molecule has 2 aromatic carbocycles. The molecule has 0 N–H and O–H groups in total. The summed E-state index contributed by atoms with van der Waals surface area (Å²) >= 11 is 0. The quantitative estimate of drug-likeness (QED) is 0.483. The lowest BCUT2D eigenvalue weighted by Gasteiger charge is -2.35. The molecule has 1 atom stereocenters. The van der Waals surface area contributed by atoms with Crippen molar-refractivity contribution in [2.75, 3.05) is 20.7 Å². The van der Waals surface area contributed by atoms with Crippen LogP contribution >= 0.6 is 0 Å². The molecular weight excluding hydrogens is 276 g/mol. The number of ether oxygens (including phenoxy) is 1. The topological polar surface area (TPSA) is 61.2 Å². The molecule has 1 aliphatic heterocycles. The Morgan fingerprint density at radius 2 is 2.00 bits per heavy atom. The maximum Gasteiger partial charge on any atom is 0.119 e. The average Bonchev–Trinajstić information content (AvgIpc) is 2.55. The Balaban J connectivity index is 2.04. The molecule has 1 aliphatic rings. The fourth-order valence-corrected chi connectivity index (χ4v) is 3.05. The summed E-state index contributed by atoms with van der Waals surface area (Å²) in [5, 5.41) is 3.63. The van der Waals surface area contributed by atoms with Crippen molar-refractivity contribution in [3.63, 3.8) is 0 Å². The van der Waals surface area contributed by atoms with Crippen LogP contribution in [0.3, 0.4) is 0 Å². The van der Waals surface area contributed by atoms with Crippen LogP contribution in [0.5, 0.6) is 5.75 Å². The van der Waals surface area contributed by atoms with Gasteiger partial charge in [0.05, 0.1) is 13.2 Å². The molecule has 0 radical (unpaired) electrons. The molecule has 1 heterocycles. The molecule has 22 heavy (non-hydrogen) atoms. The monoisotopic (exact) mass is 294 g/mol. The van der Waals surface area contributed by atoms with E-state index in [1.807, 2.05) is 30.3 Å².